The predicted molar refractivity (Wildman–Crippen MR) is 117 cm³/mol. The van der Waals surface area contributed by atoms with Gasteiger partial charge in [0, 0.05) is 11.7 Å². The van der Waals surface area contributed by atoms with Crippen molar-refractivity contribution in [3.8, 4) is 0 Å². The number of hydrogen-bond donors (Lipinski definition) is 2. The van der Waals surface area contributed by atoms with Crippen LogP contribution >= 0.6 is 12.2 Å². The van der Waals surface area contributed by atoms with Crippen molar-refractivity contribution in [1.29, 1.82) is 0 Å². The molecule has 2 atom stereocenters. The van der Waals surface area contributed by atoms with E-state index in [9.17, 15) is 32.3 Å². The molecule has 2 N–H and O–H groups in total. The summed E-state index contributed by atoms with van der Waals surface area (Å²) in [5.74, 6) is -4.31. The minimum atomic E-state index is -4.62. The molecule has 182 valence electrons. The van der Waals surface area contributed by atoms with Crippen LogP contribution in [0.4, 0.5) is 28.0 Å². The van der Waals surface area contributed by atoms with Crippen molar-refractivity contribution in [2.75, 3.05) is 18.5 Å². The summed E-state index contributed by atoms with van der Waals surface area (Å²) in [5.41, 5.74) is -0.177. The third-order valence-electron chi connectivity index (χ3n) is 5.02. The lowest BCUT2D eigenvalue weighted by atomic mass is 10.0. The summed E-state index contributed by atoms with van der Waals surface area (Å²) >= 11 is 5.18. The lowest BCUT2D eigenvalue weighted by Gasteiger charge is -2.42. The number of halogens is 4. The van der Waals surface area contributed by atoms with Gasteiger partial charge in [0.2, 0.25) is 0 Å². The number of alkyl halides is 3. The number of hydrogen-bond acceptors (Lipinski definition) is 6. The molecule has 1 aliphatic heterocycles. The van der Waals surface area contributed by atoms with Crippen molar-refractivity contribution in [2.24, 2.45) is 11.8 Å². The number of carbonyl (C=O) groups is 2. The van der Waals surface area contributed by atoms with Crippen molar-refractivity contribution >= 4 is 34.9 Å². The van der Waals surface area contributed by atoms with Crippen LogP contribution in [0.15, 0.2) is 35.6 Å². The Kier molecular flexibility index (Phi) is 8.41. The number of amides is 2. The number of ether oxygens (including phenoxy) is 1. The molecule has 0 saturated heterocycles. The van der Waals surface area contributed by atoms with E-state index in [1.165, 1.54) is 19.1 Å². The summed E-state index contributed by atoms with van der Waals surface area (Å²) in [7, 11) is 0. The van der Waals surface area contributed by atoms with Crippen LogP contribution in [-0.2, 0) is 9.53 Å². The number of nitrogens with one attached hydrogen (secondary N) is 1. The van der Waals surface area contributed by atoms with Gasteiger partial charge in [0.05, 0.1) is 19.1 Å². The minimum Gasteiger partial charge on any atom is -0.510 e. The number of thiocarbonyl (C=S) groups is 1. The van der Waals surface area contributed by atoms with Crippen LogP contribution in [0.1, 0.15) is 27.7 Å². The fourth-order valence-electron chi connectivity index (χ4n) is 2.95. The highest BCUT2D eigenvalue weighted by Crippen LogP contribution is 2.33. The van der Waals surface area contributed by atoms with Gasteiger partial charge >= 0.3 is 12.3 Å². The first-order valence-electron chi connectivity index (χ1n) is 10.1. The molecule has 12 heteroatoms. The average molecular weight is 492 g/mol. The van der Waals surface area contributed by atoms with E-state index in [-0.39, 0.29) is 17.5 Å². The predicted octanol–water partition coefficient (Wildman–Crippen LogP) is 4.82. The first kappa shape index (κ1) is 26.5. The molecule has 1 aromatic rings. The number of benzene rings is 1. The molecular formula is C21H25F4N3O4S. The summed E-state index contributed by atoms with van der Waals surface area (Å²) in [6, 6.07) is 3.54. The van der Waals surface area contributed by atoms with Crippen molar-refractivity contribution in [3.05, 3.63) is 41.4 Å². The molecule has 0 spiro atoms. The Morgan fingerprint density at radius 1 is 1.21 bits per heavy atom. The number of aliphatic hydroxyl groups excluding tert-OH is 1. The second kappa shape index (κ2) is 10.5. The van der Waals surface area contributed by atoms with Gasteiger partial charge in [0.1, 0.15) is 22.1 Å². The summed E-state index contributed by atoms with van der Waals surface area (Å²) in [5, 5.41) is 14.4. The molecule has 2 rings (SSSR count). The zero-order valence-electron chi connectivity index (χ0n) is 18.4. The maximum atomic E-state index is 13.3. The van der Waals surface area contributed by atoms with Crippen LogP contribution in [0.25, 0.3) is 0 Å². The van der Waals surface area contributed by atoms with Gasteiger partial charge in [0.15, 0.2) is 0 Å². The molecule has 1 aliphatic rings. The number of aliphatic hydroxyl groups is 1. The highest BCUT2D eigenvalue weighted by molar-refractivity contribution is 7.81. The molecule has 1 aromatic carbocycles. The van der Waals surface area contributed by atoms with E-state index in [1.807, 2.05) is 0 Å². The van der Waals surface area contributed by atoms with Gasteiger partial charge in [-0.2, -0.15) is 23.2 Å². The largest absolute Gasteiger partial charge is 0.510 e. The van der Waals surface area contributed by atoms with Crippen molar-refractivity contribution < 1.29 is 37.0 Å². The Morgan fingerprint density at radius 3 is 2.30 bits per heavy atom. The molecule has 0 bridgehead atoms. The molecular weight excluding hydrogens is 466 g/mol. The van der Waals surface area contributed by atoms with Crippen molar-refractivity contribution in [1.82, 2.24) is 10.0 Å². The van der Waals surface area contributed by atoms with Crippen molar-refractivity contribution in [3.63, 3.8) is 0 Å². The summed E-state index contributed by atoms with van der Waals surface area (Å²) in [6.07, 6.45) is -5.81. The van der Waals surface area contributed by atoms with Crippen LogP contribution in [0.5, 0.6) is 0 Å². The Balaban J connectivity index is 2.41. The molecule has 0 fully saturated rings. The van der Waals surface area contributed by atoms with E-state index < -0.39 is 53.8 Å². The molecule has 0 saturated carbocycles. The summed E-state index contributed by atoms with van der Waals surface area (Å²) < 4.78 is 58.2. The maximum Gasteiger partial charge on any atom is 0.432 e. The van der Waals surface area contributed by atoms with Gasteiger partial charge < -0.3 is 15.2 Å². The summed E-state index contributed by atoms with van der Waals surface area (Å²) in [4.78, 5) is 25.6. The quantitative estimate of drug-likeness (QED) is 0.436. The van der Waals surface area contributed by atoms with Crippen LogP contribution in [0.2, 0.25) is 0 Å². The lowest BCUT2D eigenvalue weighted by Crippen LogP contribution is -2.61. The first-order chi connectivity index (χ1) is 15.2. The van der Waals surface area contributed by atoms with Crippen LogP contribution in [-0.4, -0.2) is 57.5 Å². The maximum absolute atomic E-state index is 13.3. The van der Waals surface area contributed by atoms with Gasteiger partial charge in [-0.05, 0) is 37.1 Å². The van der Waals surface area contributed by atoms with Gasteiger partial charge in [-0.25, -0.2) is 9.18 Å². The average Bonchev–Trinajstić information content (AvgIpc) is 2.71. The van der Waals surface area contributed by atoms with Crippen LogP contribution < -0.4 is 5.32 Å². The third-order valence-corrected chi connectivity index (χ3v) is 5.32. The van der Waals surface area contributed by atoms with E-state index >= 15 is 0 Å². The highest BCUT2D eigenvalue weighted by Gasteiger charge is 2.48. The molecule has 0 aliphatic carbocycles. The van der Waals surface area contributed by atoms with E-state index in [1.54, 1.807) is 13.8 Å². The number of carbonyl (C=O) groups excluding carboxylic acids is 2. The van der Waals surface area contributed by atoms with E-state index in [0.717, 1.165) is 24.1 Å². The van der Waals surface area contributed by atoms with Gasteiger partial charge in [-0.1, -0.05) is 33.0 Å². The zero-order chi connectivity index (χ0) is 25.1. The smallest absolute Gasteiger partial charge is 0.432 e. The molecule has 33 heavy (non-hydrogen) atoms. The molecule has 2 amide bonds. The highest BCUT2D eigenvalue weighted by atomic mass is 32.1. The second-order valence-electron chi connectivity index (χ2n) is 8.04. The topological polar surface area (TPSA) is 82.1 Å². The minimum absolute atomic E-state index is 0.0804. The molecule has 1 unspecified atom stereocenters. The second-order valence-corrected chi connectivity index (χ2v) is 8.45. The Hall–Kier alpha value is -2.73. The molecule has 0 radical (unpaired) electrons. The van der Waals surface area contributed by atoms with Gasteiger partial charge in [0.25, 0.3) is 5.91 Å². The standard InChI is InChI=1S/C21H25F4N3O4S/c1-11(2)10-32-20(31)28-19(30)17(18(33)26-15-7-5-14(22)6-8-15)16(29)9-27(28)13(4)12(3)21(23,24)25/h5-8,11-13,29H,9-10H2,1-4H3,(H,26,33)/t12?,13-/m0/s1. The van der Waals surface area contributed by atoms with E-state index in [2.05, 4.69) is 5.32 Å². The summed E-state index contributed by atoms with van der Waals surface area (Å²) in [6.45, 7) is 4.91. The van der Waals surface area contributed by atoms with Crippen LogP contribution in [0.3, 0.4) is 0 Å². The third kappa shape index (κ3) is 6.41. The molecule has 0 aromatic heterocycles. The number of nitrogens with zero attached hydrogens (tertiary/aromatic N) is 2. The first-order valence-corrected chi connectivity index (χ1v) is 10.5. The SMILES string of the molecule is CC(C)COC(=O)N1C(=O)C(C(=S)Nc2ccc(F)cc2)=C(O)CN1[C@@H](C)C(C)C(F)(F)F. The molecule has 1 heterocycles. The fraction of sp³-hybridized carbons (Fsp3) is 0.476. The Labute approximate surface area is 194 Å². The fourth-order valence-corrected chi connectivity index (χ4v) is 3.27. The van der Waals surface area contributed by atoms with E-state index in [4.69, 9.17) is 17.0 Å². The zero-order valence-corrected chi connectivity index (χ0v) is 19.3. The number of imide groups is 1. The van der Waals surface area contributed by atoms with Gasteiger partial charge in [-0.3, -0.25) is 4.79 Å². The normalized spacial score (nSPS) is 17.2. The molecule has 7 nitrogen and oxygen atoms in total. The van der Waals surface area contributed by atoms with E-state index in [0.29, 0.717) is 10.7 Å². The van der Waals surface area contributed by atoms with Gasteiger partial charge in [-0.15, -0.1) is 0 Å². The van der Waals surface area contributed by atoms with Crippen LogP contribution in [0, 0.1) is 17.7 Å². The Morgan fingerprint density at radius 2 is 1.79 bits per heavy atom. The lowest BCUT2D eigenvalue weighted by molar-refractivity contribution is -0.200. The number of anilines is 1. The number of hydrazine groups is 1. The Bertz CT molecular complexity index is 934. The van der Waals surface area contributed by atoms with Crippen molar-refractivity contribution in [2.45, 2.75) is 39.9 Å². The monoisotopic (exact) mass is 491 g/mol. The number of rotatable bonds is 6.